The lowest BCUT2D eigenvalue weighted by atomic mass is 10.1. The van der Waals surface area contributed by atoms with E-state index in [1.165, 1.54) is 5.56 Å². The van der Waals surface area contributed by atoms with E-state index >= 15 is 0 Å². The van der Waals surface area contributed by atoms with Crippen molar-refractivity contribution in [1.82, 2.24) is 0 Å². The maximum Gasteiger partial charge on any atom is 0.328 e. The van der Waals surface area contributed by atoms with Gasteiger partial charge in [0, 0.05) is 18.1 Å². The van der Waals surface area contributed by atoms with Crippen LogP contribution in [0.5, 0.6) is 5.75 Å². The number of aryl methyl sites for hydroxylation is 1. The monoisotopic (exact) mass is 282 g/mol. The number of ether oxygens (including phenoxy) is 1. The molecule has 0 saturated heterocycles. The van der Waals surface area contributed by atoms with Crippen LogP contribution in [-0.4, -0.2) is 17.7 Å². The maximum atomic E-state index is 10.6. The van der Waals surface area contributed by atoms with Crippen molar-refractivity contribution in [2.45, 2.75) is 13.3 Å². The van der Waals surface area contributed by atoms with Crippen LogP contribution in [0.1, 0.15) is 16.7 Å². The van der Waals surface area contributed by atoms with Crippen molar-refractivity contribution in [3.63, 3.8) is 0 Å². The predicted octanol–water partition coefficient (Wildman–Crippen LogP) is 3.71. The molecule has 0 aromatic heterocycles. The zero-order chi connectivity index (χ0) is 15.1. The molecule has 0 atom stereocenters. The van der Waals surface area contributed by atoms with Crippen molar-refractivity contribution in [2.75, 3.05) is 6.61 Å². The molecule has 2 rings (SSSR count). The van der Waals surface area contributed by atoms with Crippen LogP contribution in [0.4, 0.5) is 0 Å². The first-order valence-electron chi connectivity index (χ1n) is 6.83. The van der Waals surface area contributed by atoms with Gasteiger partial charge < -0.3 is 9.84 Å². The Morgan fingerprint density at radius 3 is 2.67 bits per heavy atom. The summed E-state index contributed by atoms with van der Waals surface area (Å²) in [7, 11) is 0. The Morgan fingerprint density at radius 2 is 1.95 bits per heavy atom. The molecule has 0 saturated carbocycles. The number of rotatable bonds is 6. The summed E-state index contributed by atoms with van der Waals surface area (Å²) in [4.78, 5) is 10.6. The number of aliphatic carboxylic acids is 1. The van der Waals surface area contributed by atoms with Crippen molar-refractivity contribution >= 4 is 12.0 Å². The van der Waals surface area contributed by atoms with Gasteiger partial charge in [0.15, 0.2) is 0 Å². The van der Waals surface area contributed by atoms with Crippen LogP contribution in [0.25, 0.3) is 6.08 Å². The zero-order valence-electron chi connectivity index (χ0n) is 12.0. The van der Waals surface area contributed by atoms with E-state index in [0.717, 1.165) is 23.6 Å². The number of hydrogen-bond acceptors (Lipinski definition) is 2. The lowest BCUT2D eigenvalue weighted by Gasteiger charge is -2.10. The maximum absolute atomic E-state index is 10.6. The normalized spacial score (nSPS) is 10.7. The molecular weight excluding hydrogens is 264 g/mol. The van der Waals surface area contributed by atoms with Gasteiger partial charge in [0.05, 0.1) is 6.61 Å². The molecule has 0 amide bonds. The summed E-state index contributed by atoms with van der Waals surface area (Å²) in [6.07, 6.45) is 3.50. The second-order valence-electron chi connectivity index (χ2n) is 4.80. The van der Waals surface area contributed by atoms with E-state index in [1.54, 1.807) is 6.08 Å². The Balaban J connectivity index is 2.03. The van der Waals surface area contributed by atoms with Gasteiger partial charge in [-0.3, -0.25) is 0 Å². The molecule has 0 spiro atoms. The molecule has 3 nitrogen and oxygen atoms in total. The zero-order valence-corrected chi connectivity index (χ0v) is 12.0. The Bertz CT molecular complexity index is 630. The van der Waals surface area contributed by atoms with Crippen molar-refractivity contribution in [3.8, 4) is 5.75 Å². The summed E-state index contributed by atoms with van der Waals surface area (Å²) >= 11 is 0. The first kappa shape index (κ1) is 14.9. The van der Waals surface area contributed by atoms with Crippen LogP contribution in [0.15, 0.2) is 54.6 Å². The SMILES string of the molecule is Cc1ccc(OCCc2ccccc2)c(C=CC(=O)O)c1. The predicted molar refractivity (Wildman–Crippen MR) is 83.5 cm³/mol. The summed E-state index contributed by atoms with van der Waals surface area (Å²) in [5, 5.41) is 8.73. The summed E-state index contributed by atoms with van der Waals surface area (Å²) in [5.74, 6) is -0.263. The largest absolute Gasteiger partial charge is 0.493 e. The molecule has 0 aliphatic carbocycles. The Labute approximate surface area is 124 Å². The lowest BCUT2D eigenvalue weighted by molar-refractivity contribution is -0.131. The van der Waals surface area contributed by atoms with Gasteiger partial charge in [-0.2, -0.15) is 0 Å². The van der Waals surface area contributed by atoms with Gasteiger partial charge in [-0.15, -0.1) is 0 Å². The molecule has 0 bridgehead atoms. The highest BCUT2D eigenvalue weighted by Gasteiger charge is 2.02. The summed E-state index contributed by atoms with van der Waals surface area (Å²) in [5.41, 5.74) is 3.06. The van der Waals surface area contributed by atoms with E-state index < -0.39 is 5.97 Å². The molecule has 0 radical (unpaired) electrons. The minimum Gasteiger partial charge on any atom is -0.493 e. The molecule has 0 fully saturated rings. The highest BCUT2D eigenvalue weighted by atomic mass is 16.5. The van der Waals surface area contributed by atoms with Crippen molar-refractivity contribution in [2.24, 2.45) is 0 Å². The third kappa shape index (κ3) is 4.80. The van der Waals surface area contributed by atoms with Crippen LogP contribution in [-0.2, 0) is 11.2 Å². The van der Waals surface area contributed by atoms with Gasteiger partial charge in [-0.25, -0.2) is 4.79 Å². The topological polar surface area (TPSA) is 46.5 Å². The number of carboxylic acids is 1. The van der Waals surface area contributed by atoms with E-state index in [0.29, 0.717) is 12.4 Å². The molecule has 0 aliphatic rings. The summed E-state index contributed by atoms with van der Waals surface area (Å²) < 4.78 is 5.78. The van der Waals surface area contributed by atoms with E-state index in [1.807, 2.05) is 43.3 Å². The van der Waals surface area contributed by atoms with Crippen molar-refractivity contribution in [3.05, 3.63) is 71.3 Å². The van der Waals surface area contributed by atoms with Crippen molar-refractivity contribution < 1.29 is 14.6 Å². The first-order valence-corrected chi connectivity index (χ1v) is 6.83. The third-order valence-corrected chi connectivity index (χ3v) is 3.06. The average Bonchev–Trinajstić information content (AvgIpc) is 2.48. The van der Waals surface area contributed by atoms with Gasteiger partial charge in [0.1, 0.15) is 5.75 Å². The second-order valence-corrected chi connectivity index (χ2v) is 4.80. The minimum absolute atomic E-state index is 0.557. The molecule has 0 aliphatic heterocycles. The average molecular weight is 282 g/mol. The molecule has 2 aromatic carbocycles. The molecule has 1 N–H and O–H groups in total. The Hall–Kier alpha value is -2.55. The van der Waals surface area contributed by atoms with Gasteiger partial charge in [0.2, 0.25) is 0 Å². The van der Waals surface area contributed by atoms with Crippen LogP contribution >= 0.6 is 0 Å². The Kier molecular flexibility index (Phi) is 5.16. The van der Waals surface area contributed by atoms with Crippen LogP contribution in [0, 0.1) is 6.92 Å². The van der Waals surface area contributed by atoms with Gasteiger partial charge in [-0.05, 0) is 30.7 Å². The van der Waals surface area contributed by atoms with Gasteiger partial charge in [0.25, 0.3) is 0 Å². The number of hydrogen-bond donors (Lipinski definition) is 1. The molecule has 0 heterocycles. The van der Waals surface area contributed by atoms with Gasteiger partial charge >= 0.3 is 5.97 Å². The summed E-state index contributed by atoms with van der Waals surface area (Å²) in [6, 6.07) is 15.9. The van der Waals surface area contributed by atoms with E-state index in [2.05, 4.69) is 12.1 Å². The number of benzene rings is 2. The van der Waals surface area contributed by atoms with E-state index in [-0.39, 0.29) is 0 Å². The highest BCUT2D eigenvalue weighted by Crippen LogP contribution is 2.22. The third-order valence-electron chi connectivity index (χ3n) is 3.06. The number of carbonyl (C=O) groups is 1. The Morgan fingerprint density at radius 1 is 1.19 bits per heavy atom. The lowest BCUT2D eigenvalue weighted by Crippen LogP contribution is -2.02. The van der Waals surface area contributed by atoms with Crippen LogP contribution in [0.3, 0.4) is 0 Å². The van der Waals surface area contributed by atoms with Crippen LogP contribution in [0.2, 0.25) is 0 Å². The van der Waals surface area contributed by atoms with Crippen LogP contribution < -0.4 is 4.74 Å². The first-order chi connectivity index (χ1) is 10.1. The molecule has 0 unspecified atom stereocenters. The van der Waals surface area contributed by atoms with Gasteiger partial charge in [-0.1, -0.05) is 42.0 Å². The standard InChI is InChI=1S/C18H18O3/c1-14-7-9-17(16(13-14)8-10-18(19)20)21-12-11-15-5-3-2-4-6-15/h2-10,13H,11-12H2,1H3,(H,19,20). The highest BCUT2D eigenvalue weighted by molar-refractivity contribution is 5.85. The second kappa shape index (κ2) is 7.29. The minimum atomic E-state index is -0.966. The quantitative estimate of drug-likeness (QED) is 0.821. The number of carboxylic acid groups (broad SMARTS) is 1. The molecule has 108 valence electrons. The van der Waals surface area contributed by atoms with E-state index in [9.17, 15) is 4.79 Å². The van der Waals surface area contributed by atoms with E-state index in [4.69, 9.17) is 9.84 Å². The molecular formula is C18H18O3. The summed E-state index contributed by atoms with van der Waals surface area (Å²) in [6.45, 7) is 2.52. The fourth-order valence-corrected chi connectivity index (χ4v) is 2.01. The fraction of sp³-hybridized carbons (Fsp3) is 0.167. The fourth-order valence-electron chi connectivity index (χ4n) is 2.01. The molecule has 2 aromatic rings. The molecule has 3 heteroatoms. The van der Waals surface area contributed by atoms with Crippen molar-refractivity contribution in [1.29, 1.82) is 0 Å². The molecule has 21 heavy (non-hydrogen) atoms. The smallest absolute Gasteiger partial charge is 0.328 e.